The Balaban J connectivity index is 2.90. The second-order valence-corrected chi connectivity index (χ2v) is 3.42. The van der Waals surface area contributed by atoms with Crippen LogP contribution in [0.1, 0.15) is 11.3 Å². The highest BCUT2D eigenvalue weighted by Gasteiger charge is 2.10. The molecule has 0 saturated heterocycles. The van der Waals surface area contributed by atoms with Crippen molar-refractivity contribution < 1.29 is 0 Å². The van der Waals surface area contributed by atoms with Gasteiger partial charge < -0.3 is 10.1 Å². The van der Waals surface area contributed by atoms with E-state index >= 15 is 0 Å². The van der Waals surface area contributed by atoms with Crippen LogP contribution >= 0.6 is 11.6 Å². The van der Waals surface area contributed by atoms with Gasteiger partial charge >= 0.3 is 0 Å². The van der Waals surface area contributed by atoms with Crippen molar-refractivity contribution in [1.82, 2.24) is 4.40 Å². The average Bonchev–Trinajstić information content (AvgIpc) is 2.41. The zero-order valence-corrected chi connectivity index (χ0v) is 8.17. The number of hydrogen-bond donors (Lipinski definition) is 1. The van der Waals surface area contributed by atoms with Gasteiger partial charge in [-0.25, -0.2) is 0 Å². The van der Waals surface area contributed by atoms with E-state index in [0.717, 1.165) is 21.8 Å². The van der Waals surface area contributed by atoms with Gasteiger partial charge in [0.05, 0.1) is 10.5 Å². The summed E-state index contributed by atoms with van der Waals surface area (Å²) in [5, 5.41) is 0.807. The molecule has 0 radical (unpaired) electrons. The molecule has 0 aliphatic carbocycles. The van der Waals surface area contributed by atoms with E-state index in [9.17, 15) is 0 Å². The number of aromatic nitrogens is 1. The number of fused-ring (bicyclic) bond motifs is 1. The monoisotopic (exact) mass is 194 g/mol. The van der Waals surface area contributed by atoms with Crippen LogP contribution in [0.15, 0.2) is 24.4 Å². The van der Waals surface area contributed by atoms with Gasteiger partial charge in [-0.1, -0.05) is 17.7 Å². The molecule has 0 aliphatic rings. The van der Waals surface area contributed by atoms with E-state index in [-0.39, 0.29) is 0 Å². The Morgan fingerprint density at radius 2 is 2.23 bits per heavy atom. The highest BCUT2D eigenvalue weighted by Crippen LogP contribution is 2.27. The molecule has 0 amide bonds. The van der Waals surface area contributed by atoms with Gasteiger partial charge in [-0.3, -0.25) is 0 Å². The minimum absolute atomic E-state index is 0.518. The lowest BCUT2D eigenvalue weighted by Crippen LogP contribution is -2.01. The van der Waals surface area contributed by atoms with Crippen molar-refractivity contribution in [3.8, 4) is 0 Å². The minimum atomic E-state index is 0.518. The molecule has 2 rings (SSSR count). The van der Waals surface area contributed by atoms with Crippen LogP contribution in [0.25, 0.3) is 5.52 Å². The van der Waals surface area contributed by atoms with Crippen molar-refractivity contribution >= 4 is 17.1 Å². The summed E-state index contributed by atoms with van der Waals surface area (Å²) in [6.45, 7) is 2.52. The SMILES string of the molecule is Cc1c(Cl)c2ccccn2c1CN. The van der Waals surface area contributed by atoms with Gasteiger partial charge in [-0.05, 0) is 24.6 Å². The number of halogens is 1. The number of hydrogen-bond acceptors (Lipinski definition) is 1. The van der Waals surface area contributed by atoms with Crippen molar-refractivity contribution in [2.45, 2.75) is 13.5 Å². The van der Waals surface area contributed by atoms with E-state index in [4.69, 9.17) is 17.3 Å². The lowest BCUT2D eigenvalue weighted by molar-refractivity contribution is 0.945. The lowest BCUT2D eigenvalue weighted by atomic mass is 10.2. The van der Waals surface area contributed by atoms with E-state index < -0.39 is 0 Å². The lowest BCUT2D eigenvalue weighted by Gasteiger charge is -1.98. The van der Waals surface area contributed by atoms with Crippen LogP contribution in [0.4, 0.5) is 0 Å². The maximum atomic E-state index is 6.15. The molecule has 2 heterocycles. The molecule has 2 aromatic heterocycles. The standard InChI is InChI=1S/C10H11ClN2/c1-7-9(6-12)13-5-3-2-4-8(13)10(7)11/h2-5H,6,12H2,1H3. The largest absolute Gasteiger partial charge is 0.325 e. The maximum absolute atomic E-state index is 6.15. The van der Waals surface area contributed by atoms with E-state index in [1.165, 1.54) is 0 Å². The van der Waals surface area contributed by atoms with Gasteiger partial charge in [0.2, 0.25) is 0 Å². The Labute approximate surface area is 81.9 Å². The van der Waals surface area contributed by atoms with Crippen molar-refractivity contribution in [3.63, 3.8) is 0 Å². The van der Waals surface area contributed by atoms with E-state index in [0.29, 0.717) is 6.54 Å². The summed E-state index contributed by atoms with van der Waals surface area (Å²) in [7, 11) is 0. The van der Waals surface area contributed by atoms with E-state index in [2.05, 4.69) is 0 Å². The fourth-order valence-corrected chi connectivity index (χ4v) is 1.87. The second-order valence-electron chi connectivity index (χ2n) is 3.05. The molecule has 0 atom stereocenters. The Bertz CT molecular complexity index is 445. The summed E-state index contributed by atoms with van der Waals surface area (Å²) in [5.41, 5.74) is 8.84. The molecule has 0 aromatic carbocycles. The molecule has 0 fully saturated rings. The van der Waals surface area contributed by atoms with Crippen LogP contribution in [0.5, 0.6) is 0 Å². The third kappa shape index (κ3) is 1.14. The molecule has 68 valence electrons. The molecule has 2 aromatic rings. The van der Waals surface area contributed by atoms with Crippen LogP contribution in [-0.4, -0.2) is 4.40 Å². The van der Waals surface area contributed by atoms with Gasteiger partial charge in [0.1, 0.15) is 0 Å². The van der Waals surface area contributed by atoms with Gasteiger partial charge in [0.25, 0.3) is 0 Å². The summed E-state index contributed by atoms with van der Waals surface area (Å²) >= 11 is 6.15. The summed E-state index contributed by atoms with van der Waals surface area (Å²) in [5.74, 6) is 0. The Morgan fingerprint density at radius 1 is 1.46 bits per heavy atom. The summed E-state index contributed by atoms with van der Waals surface area (Å²) in [4.78, 5) is 0. The molecule has 0 unspecified atom stereocenters. The third-order valence-corrected chi connectivity index (χ3v) is 2.81. The smallest absolute Gasteiger partial charge is 0.0693 e. The van der Waals surface area contributed by atoms with Crippen LogP contribution in [0.3, 0.4) is 0 Å². The molecule has 2 nitrogen and oxygen atoms in total. The third-order valence-electron chi connectivity index (χ3n) is 2.33. The molecule has 0 aliphatic heterocycles. The van der Waals surface area contributed by atoms with E-state index in [1.807, 2.05) is 35.7 Å². The Kier molecular flexibility index (Phi) is 2.02. The zero-order valence-electron chi connectivity index (χ0n) is 7.42. The van der Waals surface area contributed by atoms with E-state index in [1.54, 1.807) is 0 Å². The number of nitrogens with zero attached hydrogens (tertiary/aromatic N) is 1. The first-order chi connectivity index (χ1) is 6.25. The quantitative estimate of drug-likeness (QED) is 0.743. The fourth-order valence-electron chi connectivity index (χ4n) is 1.61. The molecule has 3 heteroatoms. The molecule has 13 heavy (non-hydrogen) atoms. The summed E-state index contributed by atoms with van der Waals surface area (Å²) in [6.07, 6.45) is 1.98. The minimum Gasteiger partial charge on any atom is -0.325 e. The molecular formula is C10H11ClN2. The molecule has 0 saturated carbocycles. The number of rotatable bonds is 1. The van der Waals surface area contributed by atoms with Crippen LogP contribution in [-0.2, 0) is 6.54 Å². The fraction of sp³-hybridized carbons (Fsp3) is 0.200. The van der Waals surface area contributed by atoms with Crippen molar-refractivity contribution in [2.24, 2.45) is 5.73 Å². The average molecular weight is 195 g/mol. The first-order valence-corrected chi connectivity index (χ1v) is 4.57. The van der Waals surface area contributed by atoms with Crippen molar-refractivity contribution in [2.75, 3.05) is 0 Å². The Morgan fingerprint density at radius 3 is 2.92 bits per heavy atom. The second kappa shape index (κ2) is 3.05. The van der Waals surface area contributed by atoms with Gasteiger partial charge in [-0.2, -0.15) is 0 Å². The van der Waals surface area contributed by atoms with Crippen molar-refractivity contribution in [3.05, 3.63) is 40.7 Å². The topological polar surface area (TPSA) is 30.4 Å². The normalized spacial score (nSPS) is 11.0. The van der Waals surface area contributed by atoms with Gasteiger partial charge in [0.15, 0.2) is 0 Å². The molecular weight excluding hydrogens is 184 g/mol. The number of nitrogens with two attached hydrogens (primary N) is 1. The van der Waals surface area contributed by atoms with Gasteiger partial charge in [-0.15, -0.1) is 0 Å². The highest BCUT2D eigenvalue weighted by atomic mass is 35.5. The van der Waals surface area contributed by atoms with Crippen LogP contribution < -0.4 is 5.73 Å². The maximum Gasteiger partial charge on any atom is 0.0693 e. The van der Waals surface area contributed by atoms with Crippen LogP contribution in [0.2, 0.25) is 5.02 Å². The number of pyridine rings is 1. The highest BCUT2D eigenvalue weighted by molar-refractivity contribution is 6.34. The van der Waals surface area contributed by atoms with Crippen LogP contribution in [0, 0.1) is 6.92 Å². The predicted molar refractivity (Wildman–Crippen MR) is 55.0 cm³/mol. The molecule has 0 spiro atoms. The first-order valence-electron chi connectivity index (χ1n) is 4.19. The summed E-state index contributed by atoms with van der Waals surface area (Å²) in [6, 6.07) is 5.94. The zero-order chi connectivity index (χ0) is 9.42. The summed E-state index contributed by atoms with van der Waals surface area (Å²) < 4.78 is 2.04. The van der Waals surface area contributed by atoms with Crippen molar-refractivity contribution in [1.29, 1.82) is 0 Å². The Hall–Kier alpha value is -0.990. The molecule has 0 bridgehead atoms. The predicted octanol–water partition coefficient (Wildman–Crippen LogP) is 2.36. The first kappa shape index (κ1) is 8.60. The molecule has 2 N–H and O–H groups in total. The van der Waals surface area contributed by atoms with Gasteiger partial charge in [0, 0.05) is 18.4 Å².